The Kier molecular flexibility index (Phi) is 4.15. The third-order valence-corrected chi connectivity index (χ3v) is 3.40. The molecule has 0 aliphatic carbocycles. The zero-order valence-electron chi connectivity index (χ0n) is 10.6. The van der Waals surface area contributed by atoms with Crippen LogP contribution < -0.4 is 10.6 Å². The number of nitro groups is 1. The summed E-state index contributed by atoms with van der Waals surface area (Å²) in [5.74, 6) is 0. The number of nitrogens with zero attached hydrogens (tertiary/aromatic N) is 1. The molecule has 0 spiro atoms. The first-order valence-corrected chi connectivity index (χ1v) is 6.40. The molecule has 1 aromatic rings. The predicted octanol–water partition coefficient (Wildman–Crippen LogP) is 2.46. The number of benzene rings is 1. The lowest BCUT2D eigenvalue weighted by Gasteiger charge is -2.13. The van der Waals surface area contributed by atoms with E-state index in [2.05, 4.69) is 10.6 Å². The molecule has 1 fully saturated rings. The smallest absolute Gasteiger partial charge is 0.292 e. The zero-order chi connectivity index (χ0) is 13.0. The van der Waals surface area contributed by atoms with E-state index < -0.39 is 0 Å². The summed E-state index contributed by atoms with van der Waals surface area (Å²) in [7, 11) is 0. The lowest BCUT2D eigenvalue weighted by atomic mass is 10.1. The molecule has 0 amide bonds. The van der Waals surface area contributed by atoms with Crippen molar-refractivity contribution in [3.63, 3.8) is 0 Å². The van der Waals surface area contributed by atoms with Crippen LogP contribution in [0.5, 0.6) is 0 Å². The Labute approximate surface area is 107 Å². The summed E-state index contributed by atoms with van der Waals surface area (Å²) in [4.78, 5) is 10.6. The molecule has 98 valence electrons. The molecule has 5 heteroatoms. The van der Waals surface area contributed by atoms with Gasteiger partial charge in [0.1, 0.15) is 5.69 Å². The van der Waals surface area contributed by atoms with Crippen molar-refractivity contribution in [3.05, 3.63) is 33.9 Å². The van der Waals surface area contributed by atoms with Crippen LogP contribution in [-0.2, 0) is 0 Å². The lowest BCUT2D eigenvalue weighted by molar-refractivity contribution is -0.384. The largest absolute Gasteiger partial charge is 0.379 e. The molecule has 2 N–H and O–H groups in total. The van der Waals surface area contributed by atoms with Crippen LogP contribution in [0, 0.1) is 17.0 Å². The highest BCUT2D eigenvalue weighted by atomic mass is 16.6. The minimum Gasteiger partial charge on any atom is -0.379 e. The molecule has 18 heavy (non-hydrogen) atoms. The van der Waals surface area contributed by atoms with Gasteiger partial charge in [-0.05, 0) is 38.3 Å². The molecule has 1 heterocycles. The molecule has 1 atom stereocenters. The molecule has 2 rings (SSSR count). The van der Waals surface area contributed by atoms with Crippen molar-refractivity contribution in [2.45, 2.75) is 32.2 Å². The summed E-state index contributed by atoms with van der Waals surface area (Å²) in [6.45, 7) is 3.75. The van der Waals surface area contributed by atoms with Crippen LogP contribution in [0.15, 0.2) is 18.2 Å². The fourth-order valence-corrected chi connectivity index (χ4v) is 2.41. The normalized spacial score (nSPS) is 18.8. The van der Waals surface area contributed by atoms with Gasteiger partial charge in [0.15, 0.2) is 0 Å². The number of para-hydroxylation sites is 1. The summed E-state index contributed by atoms with van der Waals surface area (Å²) >= 11 is 0. The first-order valence-electron chi connectivity index (χ1n) is 6.40. The first kappa shape index (κ1) is 12.8. The van der Waals surface area contributed by atoms with E-state index in [0.29, 0.717) is 11.7 Å². The van der Waals surface area contributed by atoms with Crippen molar-refractivity contribution in [3.8, 4) is 0 Å². The molecule has 0 unspecified atom stereocenters. The minimum absolute atomic E-state index is 0.161. The van der Waals surface area contributed by atoms with Crippen molar-refractivity contribution in [1.82, 2.24) is 5.32 Å². The molecule has 1 aliphatic rings. The zero-order valence-corrected chi connectivity index (χ0v) is 10.6. The molecule has 0 saturated carbocycles. The van der Waals surface area contributed by atoms with E-state index in [1.165, 1.54) is 12.8 Å². The fourth-order valence-electron chi connectivity index (χ4n) is 2.41. The van der Waals surface area contributed by atoms with Crippen molar-refractivity contribution in [2.24, 2.45) is 0 Å². The monoisotopic (exact) mass is 249 g/mol. The van der Waals surface area contributed by atoms with Crippen LogP contribution in [-0.4, -0.2) is 24.1 Å². The van der Waals surface area contributed by atoms with Crippen LogP contribution in [0.1, 0.15) is 24.8 Å². The summed E-state index contributed by atoms with van der Waals surface area (Å²) in [5, 5.41) is 17.6. The highest BCUT2D eigenvalue weighted by Crippen LogP contribution is 2.27. The Morgan fingerprint density at radius 3 is 3.06 bits per heavy atom. The highest BCUT2D eigenvalue weighted by Gasteiger charge is 2.17. The molecule has 0 radical (unpaired) electrons. The van der Waals surface area contributed by atoms with Crippen molar-refractivity contribution < 1.29 is 4.92 Å². The van der Waals surface area contributed by atoms with E-state index >= 15 is 0 Å². The number of hydrogen-bond acceptors (Lipinski definition) is 4. The second-order valence-corrected chi connectivity index (χ2v) is 4.73. The van der Waals surface area contributed by atoms with Crippen LogP contribution >= 0.6 is 0 Å². The number of hydrogen-bond donors (Lipinski definition) is 2. The third kappa shape index (κ3) is 2.98. The maximum absolute atomic E-state index is 10.9. The fraction of sp³-hybridized carbons (Fsp3) is 0.538. The molecule has 5 nitrogen and oxygen atoms in total. The van der Waals surface area contributed by atoms with Crippen LogP contribution in [0.25, 0.3) is 0 Å². The van der Waals surface area contributed by atoms with Crippen molar-refractivity contribution in [2.75, 3.05) is 18.4 Å². The number of anilines is 1. The number of nitrogens with one attached hydrogen (secondary N) is 2. The predicted molar refractivity (Wildman–Crippen MR) is 72.0 cm³/mol. The average Bonchev–Trinajstić information content (AvgIpc) is 2.84. The summed E-state index contributed by atoms with van der Waals surface area (Å²) < 4.78 is 0. The first-order chi connectivity index (χ1) is 8.68. The highest BCUT2D eigenvalue weighted by molar-refractivity contribution is 5.65. The quantitative estimate of drug-likeness (QED) is 0.621. The van der Waals surface area contributed by atoms with Crippen molar-refractivity contribution in [1.29, 1.82) is 0 Å². The number of aryl methyl sites for hydroxylation is 1. The standard InChI is InChI=1S/C13H19N3O2/c1-10-4-2-6-12(16(17)18)13(10)15-9-7-11-5-3-8-14-11/h2,4,6,11,14-15H,3,5,7-9H2,1H3/t11-/m1/s1. The maximum Gasteiger partial charge on any atom is 0.292 e. The molecule has 1 saturated heterocycles. The Bertz CT molecular complexity index is 428. The van der Waals surface area contributed by atoms with E-state index in [9.17, 15) is 10.1 Å². The van der Waals surface area contributed by atoms with E-state index in [-0.39, 0.29) is 10.6 Å². The van der Waals surface area contributed by atoms with E-state index in [1.807, 2.05) is 13.0 Å². The molecule has 0 aromatic heterocycles. The topological polar surface area (TPSA) is 67.2 Å². The molecule has 1 aromatic carbocycles. The van der Waals surface area contributed by atoms with Gasteiger partial charge in [0, 0.05) is 18.7 Å². The molecule has 0 bridgehead atoms. The Balaban J connectivity index is 1.97. The van der Waals surface area contributed by atoms with Gasteiger partial charge >= 0.3 is 0 Å². The third-order valence-electron chi connectivity index (χ3n) is 3.40. The maximum atomic E-state index is 10.9. The van der Waals surface area contributed by atoms with E-state index in [0.717, 1.165) is 25.1 Å². The van der Waals surface area contributed by atoms with Crippen LogP contribution in [0.2, 0.25) is 0 Å². The van der Waals surface area contributed by atoms with Gasteiger partial charge in [-0.2, -0.15) is 0 Å². The Hall–Kier alpha value is -1.62. The second-order valence-electron chi connectivity index (χ2n) is 4.73. The van der Waals surface area contributed by atoms with Gasteiger partial charge in [0.05, 0.1) is 4.92 Å². The minimum atomic E-state index is -0.330. The molecular formula is C13H19N3O2. The van der Waals surface area contributed by atoms with Gasteiger partial charge in [-0.3, -0.25) is 10.1 Å². The summed E-state index contributed by atoms with van der Waals surface area (Å²) in [6.07, 6.45) is 3.44. The van der Waals surface area contributed by atoms with Crippen molar-refractivity contribution >= 4 is 11.4 Å². The molecular weight excluding hydrogens is 230 g/mol. The van der Waals surface area contributed by atoms with Gasteiger partial charge < -0.3 is 10.6 Å². The second kappa shape index (κ2) is 5.82. The van der Waals surface area contributed by atoms with Gasteiger partial charge in [0.2, 0.25) is 0 Å². The van der Waals surface area contributed by atoms with Crippen LogP contribution in [0.3, 0.4) is 0 Å². The van der Waals surface area contributed by atoms with Gasteiger partial charge in [-0.15, -0.1) is 0 Å². The van der Waals surface area contributed by atoms with Gasteiger partial charge in [0.25, 0.3) is 5.69 Å². The average molecular weight is 249 g/mol. The molecule has 1 aliphatic heterocycles. The SMILES string of the molecule is Cc1cccc([N+](=O)[O-])c1NCC[C@H]1CCCN1. The Morgan fingerprint density at radius 1 is 1.56 bits per heavy atom. The van der Waals surface area contributed by atoms with Gasteiger partial charge in [-0.25, -0.2) is 0 Å². The van der Waals surface area contributed by atoms with E-state index in [1.54, 1.807) is 12.1 Å². The summed E-state index contributed by atoms with van der Waals surface area (Å²) in [6, 6.07) is 5.71. The lowest BCUT2D eigenvalue weighted by Crippen LogP contribution is -2.24. The number of nitro benzene ring substituents is 1. The number of rotatable bonds is 5. The van der Waals surface area contributed by atoms with E-state index in [4.69, 9.17) is 0 Å². The Morgan fingerprint density at radius 2 is 2.39 bits per heavy atom. The summed E-state index contributed by atoms with van der Waals surface area (Å²) in [5.41, 5.74) is 1.73. The van der Waals surface area contributed by atoms with Crippen LogP contribution in [0.4, 0.5) is 11.4 Å². The van der Waals surface area contributed by atoms with Gasteiger partial charge in [-0.1, -0.05) is 12.1 Å².